The van der Waals surface area contributed by atoms with Gasteiger partial charge in [0.05, 0.1) is 24.3 Å². The van der Waals surface area contributed by atoms with E-state index in [2.05, 4.69) is 4.98 Å². The summed E-state index contributed by atoms with van der Waals surface area (Å²) in [4.78, 5) is 29.5. The average Bonchev–Trinajstić information content (AvgIpc) is 2.89. The van der Waals surface area contributed by atoms with Gasteiger partial charge in [-0.05, 0) is 69.0 Å². The van der Waals surface area contributed by atoms with Crippen LogP contribution in [0.5, 0.6) is 17.2 Å². The summed E-state index contributed by atoms with van der Waals surface area (Å²) < 4.78 is 17.6. The van der Waals surface area contributed by atoms with Crippen molar-refractivity contribution in [3.05, 3.63) is 59.8 Å². The van der Waals surface area contributed by atoms with E-state index in [1.807, 2.05) is 51.1 Å². The van der Waals surface area contributed by atoms with Crippen LogP contribution in [0.25, 0.3) is 10.9 Å². The molecule has 1 N–H and O–H groups in total. The first-order valence-electron chi connectivity index (χ1n) is 12.8. The van der Waals surface area contributed by atoms with E-state index in [1.54, 1.807) is 32.4 Å². The van der Waals surface area contributed by atoms with Crippen molar-refractivity contribution in [3.63, 3.8) is 0 Å². The topological polar surface area (TPSA) is 95.0 Å². The standard InChI is InChI=1S/C30H37NO6/c1-6-8-9-27(32)30(7-2,29(33)34)17-21-10-12-23(13-11-21)36-19-22-18-31-26-15-14-24(35-5)16-25(26)28(22)37-20(3)4/h10-16,18,20H,6-9,17,19H2,1-5H3,(H,33,34). The van der Waals surface area contributed by atoms with Crippen LogP contribution in [0, 0.1) is 5.41 Å². The van der Waals surface area contributed by atoms with E-state index in [-0.39, 0.29) is 37.8 Å². The second-order valence-electron chi connectivity index (χ2n) is 9.54. The Morgan fingerprint density at radius 3 is 2.35 bits per heavy atom. The summed E-state index contributed by atoms with van der Waals surface area (Å²) in [5.41, 5.74) is 0.981. The molecule has 3 aromatic rings. The Hall–Kier alpha value is -3.61. The molecule has 0 aliphatic heterocycles. The van der Waals surface area contributed by atoms with Gasteiger partial charge in [0.2, 0.25) is 0 Å². The van der Waals surface area contributed by atoms with Crippen LogP contribution < -0.4 is 14.2 Å². The van der Waals surface area contributed by atoms with E-state index in [1.165, 1.54) is 0 Å². The highest BCUT2D eigenvalue weighted by atomic mass is 16.5. The molecule has 1 aromatic heterocycles. The minimum absolute atomic E-state index is 0.0389. The molecule has 1 heterocycles. The Labute approximate surface area is 218 Å². The molecule has 37 heavy (non-hydrogen) atoms. The third-order valence-corrected chi connectivity index (χ3v) is 6.58. The van der Waals surface area contributed by atoms with Crippen LogP contribution in [-0.2, 0) is 22.6 Å². The predicted molar refractivity (Wildman–Crippen MR) is 143 cm³/mol. The molecule has 0 bridgehead atoms. The lowest BCUT2D eigenvalue weighted by atomic mass is 9.74. The van der Waals surface area contributed by atoms with Crippen LogP contribution >= 0.6 is 0 Å². The smallest absolute Gasteiger partial charge is 0.317 e. The minimum Gasteiger partial charge on any atom is -0.497 e. The lowest BCUT2D eigenvalue weighted by Gasteiger charge is -2.27. The fraction of sp³-hybridized carbons (Fsp3) is 0.433. The summed E-state index contributed by atoms with van der Waals surface area (Å²) in [6.07, 6.45) is 3.95. The third kappa shape index (κ3) is 6.59. The maximum absolute atomic E-state index is 12.8. The van der Waals surface area contributed by atoms with E-state index in [9.17, 15) is 14.7 Å². The number of pyridine rings is 1. The first-order valence-corrected chi connectivity index (χ1v) is 12.8. The normalized spacial score (nSPS) is 12.8. The number of aromatic nitrogens is 1. The van der Waals surface area contributed by atoms with Crippen molar-refractivity contribution in [2.24, 2.45) is 5.41 Å². The predicted octanol–water partition coefficient (Wildman–Crippen LogP) is 6.39. The van der Waals surface area contributed by atoms with Crippen molar-refractivity contribution in [1.82, 2.24) is 4.98 Å². The largest absolute Gasteiger partial charge is 0.497 e. The number of benzene rings is 2. The summed E-state index contributed by atoms with van der Waals surface area (Å²) >= 11 is 0. The summed E-state index contributed by atoms with van der Waals surface area (Å²) in [6, 6.07) is 12.9. The summed E-state index contributed by atoms with van der Waals surface area (Å²) in [6.45, 7) is 7.93. The number of aliphatic carboxylic acids is 1. The zero-order valence-corrected chi connectivity index (χ0v) is 22.4. The van der Waals surface area contributed by atoms with E-state index in [0.717, 1.165) is 28.5 Å². The number of methoxy groups -OCH3 is 1. The van der Waals surface area contributed by atoms with Crippen LogP contribution in [-0.4, -0.2) is 35.1 Å². The van der Waals surface area contributed by atoms with Crippen molar-refractivity contribution in [1.29, 1.82) is 0 Å². The van der Waals surface area contributed by atoms with Crippen LogP contribution in [0.3, 0.4) is 0 Å². The number of carboxylic acid groups (broad SMARTS) is 1. The van der Waals surface area contributed by atoms with Crippen molar-refractivity contribution in [2.75, 3.05) is 7.11 Å². The molecule has 0 fully saturated rings. The summed E-state index contributed by atoms with van der Waals surface area (Å²) in [5.74, 6) is 0.779. The molecule has 198 valence electrons. The quantitative estimate of drug-likeness (QED) is 0.253. The van der Waals surface area contributed by atoms with Gasteiger partial charge in [0.25, 0.3) is 0 Å². The van der Waals surface area contributed by atoms with Gasteiger partial charge in [-0.2, -0.15) is 0 Å². The molecule has 1 unspecified atom stereocenters. The van der Waals surface area contributed by atoms with Crippen LogP contribution in [0.15, 0.2) is 48.7 Å². The van der Waals surface area contributed by atoms with Gasteiger partial charge in [-0.1, -0.05) is 32.4 Å². The number of Topliss-reactive ketones (excluding diaryl/α,β-unsaturated/α-hetero) is 1. The van der Waals surface area contributed by atoms with E-state index >= 15 is 0 Å². The van der Waals surface area contributed by atoms with Gasteiger partial charge in [0, 0.05) is 18.0 Å². The first kappa shape index (κ1) is 28.0. The van der Waals surface area contributed by atoms with E-state index in [4.69, 9.17) is 14.2 Å². The minimum atomic E-state index is -1.40. The molecular weight excluding hydrogens is 470 g/mol. The zero-order chi connectivity index (χ0) is 27.0. The number of hydrogen-bond acceptors (Lipinski definition) is 6. The maximum Gasteiger partial charge on any atom is 0.317 e. The van der Waals surface area contributed by atoms with Crippen LogP contribution in [0.4, 0.5) is 0 Å². The van der Waals surface area contributed by atoms with Crippen molar-refractivity contribution in [2.45, 2.75) is 72.5 Å². The molecule has 0 saturated heterocycles. The summed E-state index contributed by atoms with van der Waals surface area (Å²) in [7, 11) is 1.62. The van der Waals surface area contributed by atoms with Gasteiger partial charge < -0.3 is 19.3 Å². The second-order valence-corrected chi connectivity index (χ2v) is 9.54. The zero-order valence-electron chi connectivity index (χ0n) is 22.4. The number of carbonyl (C=O) groups excluding carboxylic acids is 1. The molecule has 0 spiro atoms. The fourth-order valence-corrected chi connectivity index (χ4v) is 4.35. The lowest BCUT2D eigenvalue weighted by molar-refractivity contribution is -0.155. The number of ether oxygens (including phenoxy) is 3. The van der Waals surface area contributed by atoms with Crippen LogP contribution in [0.1, 0.15) is 64.5 Å². The number of carbonyl (C=O) groups is 2. The van der Waals surface area contributed by atoms with E-state index < -0.39 is 11.4 Å². The highest BCUT2D eigenvalue weighted by molar-refractivity contribution is 6.03. The molecule has 7 nitrogen and oxygen atoms in total. The molecule has 0 amide bonds. The highest BCUT2D eigenvalue weighted by Gasteiger charge is 2.43. The Balaban J connectivity index is 1.79. The maximum atomic E-state index is 12.8. The van der Waals surface area contributed by atoms with Gasteiger partial charge in [0.15, 0.2) is 5.78 Å². The molecule has 0 saturated carbocycles. The molecule has 0 radical (unpaired) electrons. The van der Waals surface area contributed by atoms with Gasteiger partial charge in [0.1, 0.15) is 29.3 Å². The highest BCUT2D eigenvalue weighted by Crippen LogP contribution is 2.34. The molecule has 7 heteroatoms. The number of unbranched alkanes of at least 4 members (excludes halogenated alkanes) is 1. The number of rotatable bonds is 14. The first-order chi connectivity index (χ1) is 17.7. The lowest BCUT2D eigenvalue weighted by Crippen LogP contribution is -2.41. The molecule has 3 rings (SSSR count). The van der Waals surface area contributed by atoms with Gasteiger partial charge in [-0.3, -0.25) is 14.6 Å². The Morgan fingerprint density at radius 2 is 1.76 bits per heavy atom. The molecule has 0 aliphatic carbocycles. The second kappa shape index (κ2) is 12.6. The molecular formula is C30H37NO6. The van der Waals surface area contributed by atoms with Gasteiger partial charge in [-0.15, -0.1) is 0 Å². The number of carboxylic acids is 1. The van der Waals surface area contributed by atoms with Gasteiger partial charge >= 0.3 is 5.97 Å². The molecule has 0 aliphatic rings. The number of hydrogen-bond donors (Lipinski definition) is 1. The number of fused-ring (bicyclic) bond motifs is 1. The Morgan fingerprint density at radius 1 is 1.05 bits per heavy atom. The average molecular weight is 508 g/mol. The monoisotopic (exact) mass is 507 g/mol. The molecule has 1 atom stereocenters. The van der Waals surface area contributed by atoms with Crippen molar-refractivity contribution < 1.29 is 28.9 Å². The van der Waals surface area contributed by atoms with E-state index in [0.29, 0.717) is 23.7 Å². The number of nitrogens with zero attached hydrogens (tertiary/aromatic N) is 1. The SMILES string of the molecule is CCCCC(=O)C(CC)(Cc1ccc(OCc2cnc3ccc(OC)cc3c2OC(C)C)cc1)C(=O)O. The van der Waals surface area contributed by atoms with Crippen molar-refractivity contribution in [3.8, 4) is 17.2 Å². The third-order valence-electron chi connectivity index (χ3n) is 6.58. The van der Waals surface area contributed by atoms with Crippen molar-refractivity contribution >= 4 is 22.7 Å². The Bertz CT molecular complexity index is 1220. The Kier molecular flexibility index (Phi) is 9.50. The fourth-order valence-electron chi connectivity index (χ4n) is 4.35. The summed E-state index contributed by atoms with van der Waals surface area (Å²) in [5, 5.41) is 10.8. The number of ketones is 1. The van der Waals surface area contributed by atoms with Crippen LogP contribution in [0.2, 0.25) is 0 Å². The molecule has 2 aromatic carbocycles. The van der Waals surface area contributed by atoms with Gasteiger partial charge in [-0.25, -0.2) is 0 Å².